The summed E-state index contributed by atoms with van der Waals surface area (Å²) in [4.78, 5) is 26.9. The maximum absolute atomic E-state index is 12.0. The van der Waals surface area contributed by atoms with E-state index in [-0.39, 0.29) is 5.97 Å². The molecule has 0 unspecified atom stereocenters. The smallest absolute Gasteiger partial charge is 0.417 e. The number of H-pyrrole nitrogens is 1. The lowest BCUT2D eigenvalue weighted by atomic mass is 10.1. The number of anilines is 1. The van der Waals surface area contributed by atoms with E-state index in [1.807, 2.05) is 18.2 Å². The number of carbonyl (C=O) groups excluding carboxylic acids is 2. The zero-order valence-electron chi connectivity index (χ0n) is 14.2. The van der Waals surface area contributed by atoms with Crippen LogP contribution in [-0.2, 0) is 4.74 Å². The third-order valence-corrected chi connectivity index (χ3v) is 3.62. The average molecular weight is 350 g/mol. The Labute approximate surface area is 150 Å². The number of amides is 1. The molecular formula is C20H18N2O4. The van der Waals surface area contributed by atoms with E-state index in [2.05, 4.69) is 10.3 Å². The fourth-order valence-corrected chi connectivity index (χ4v) is 2.45. The second-order valence-corrected chi connectivity index (χ2v) is 5.39. The largest absolute Gasteiger partial charge is 0.462 e. The summed E-state index contributed by atoms with van der Waals surface area (Å²) in [5, 5.41) is 2.64. The van der Waals surface area contributed by atoms with Crippen LogP contribution in [0.15, 0.2) is 66.9 Å². The van der Waals surface area contributed by atoms with Crippen LogP contribution < -0.4 is 10.1 Å². The Morgan fingerprint density at radius 1 is 1.00 bits per heavy atom. The quantitative estimate of drug-likeness (QED) is 0.665. The van der Waals surface area contributed by atoms with Crippen molar-refractivity contribution in [2.75, 3.05) is 11.9 Å². The van der Waals surface area contributed by atoms with E-state index >= 15 is 0 Å². The Balaban J connectivity index is 1.68. The molecule has 0 saturated carbocycles. The van der Waals surface area contributed by atoms with Crippen LogP contribution in [0.4, 0.5) is 10.5 Å². The first-order chi connectivity index (χ1) is 12.7. The predicted octanol–water partition coefficient (Wildman–Crippen LogP) is 4.47. The molecule has 0 atom stereocenters. The van der Waals surface area contributed by atoms with Crippen LogP contribution in [0.3, 0.4) is 0 Å². The molecule has 1 heterocycles. The molecule has 3 rings (SSSR count). The van der Waals surface area contributed by atoms with Crippen LogP contribution >= 0.6 is 0 Å². The molecule has 1 aromatic heterocycles. The van der Waals surface area contributed by atoms with Gasteiger partial charge in [-0.3, -0.25) is 5.32 Å². The standard InChI is InChI=1S/C20H18N2O4/c1-2-25-19(23)17-12-13-21-18(17)14-8-10-16(11-9-14)26-20(24)22-15-6-4-3-5-7-15/h3-13,21H,2H2,1H3,(H,22,24). The molecule has 0 fully saturated rings. The van der Waals surface area contributed by atoms with Crippen LogP contribution in [0.2, 0.25) is 0 Å². The lowest BCUT2D eigenvalue weighted by Crippen LogP contribution is -2.16. The van der Waals surface area contributed by atoms with E-state index in [0.717, 1.165) is 5.56 Å². The van der Waals surface area contributed by atoms with Crippen molar-refractivity contribution in [1.82, 2.24) is 4.98 Å². The summed E-state index contributed by atoms with van der Waals surface area (Å²) in [7, 11) is 0. The summed E-state index contributed by atoms with van der Waals surface area (Å²) in [5.41, 5.74) is 2.56. The lowest BCUT2D eigenvalue weighted by Gasteiger charge is -2.08. The molecule has 0 spiro atoms. The Bertz CT molecular complexity index is 886. The van der Waals surface area contributed by atoms with Gasteiger partial charge in [0.15, 0.2) is 0 Å². The molecule has 0 aliphatic carbocycles. The van der Waals surface area contributed by atoms with E-state index in [1.165, 1.54) is 0 Å². The zero-order chi connectivity index (χ0) is 18.4. The third-order valence-electron chi connectivity index (χ3n) is 3.62. The molecule has 2 N–H and O–H groups in total. The van der Waals surface area contributed by atoms with Gasteiger partial charge in [-0.15, -0.1) is 0 Å². The summed E-state index contributed by atoms with van der Waals surface area (Å²) >= 11 is 0. The summed E-state index contributed by atoms with van der Waals surface area (Å²) in [6.07, 6.45) is 1.11. The van der Waals surface area contributed by atoms with Gasteiger partial charge in [-0.1, -0.05) is 18.2 Å². The first kappa shape index (κ1) is 17.3. The molecule has 1 amide bonds. The number of nitrogens with one attached hydrogen (secondary N) is 2. The summed E-state index contributed by atoms with van der Waals surface area (Å²) in [5.74, 6) is 0.0118. The molecule has 6 nitrogen and oxygen atoms in total. The van der Waals surface area contributed by atoms with Crippen molar-refractivity contribution >= 4 is 17.7 Å². The molecule has 0 aliphatic heterocycles. The third kappa shape index (κ3) is 4.10. The Kier molecular flexibility index (Phi) is 5.34. The van der Waals surface area contributed by atoms with Crippen LogP contribution in [0, 0.1) is 0 Å². The van der Waals surface area contributed by atoms with Crippen molar-refractivity contribution in [3.63, 3.8) is 0 Å². The van der Waals surface area contributed by atoms with Gasteiger partial charge in [-0.05, 0) is 55.0 Å². The summed E-state index contributed by atoms with van der Waals surface area (Å²) in [6.45, 7) is 2.07. The molecule has 2 aromatic carbocycles. The van der Waals surface area contributed by atoms with Gasteiger partial charge in [0.2, 0.25) is 0 Å². The van der Waals surface area contributed by atoms with E-state index in [0.29, 0.717) is 29.3 Å². The van der Waals surface area contributed by atoms with Crippen LogP contribution in [-0.4, -0.2) is 23.7 Å². The van der Waals surface area contributed by atoms with Crippen molar-refractivity contribution in [3.8, 4) is 17.0 Å². The molecule has 0 bridgehead atoms. The van der Waals surface area contributed by atoms with Crippen molar-refractivity contribution in [1.29, 1.82) is 0 Å². The number of aromatic amines is 1. The maximum Gasteiger partial charge on any atom is 0.417 e. The minimum absolute atomic E-state index is 0.312. The van der Waals surface area contributed by atoms with E-state index in [1.54, 1.807) is 55.6 Å². The van der Waals surface area contributed by atoms with Gasteiger partial charge < -0.3 is 14.5 Å². The summed E-state index contributed by atoms with van der Waals surface area (Å²) < 4.78 is 10.3. The second kappa shape index (κ2) is 8.02. The van der Waals surface area contributed by atoms with E-state index < -0.39 is 6.09 Å². The first-order valence-electron chi connectivity index (χ1n) is 8.16. The van der Waals surface area contributed by atoms with Gasteiger partial charge in [-0.25, -0.2) is 9.59 Å². The Morgan fingerprint density at radius 2 is 1.73 bits per heavy atom. The summed E-state index contributed by atoms with van der Waals surface area (Å²) in [6, 6.07) is 17.6. The molecule has 6 heteroatoms. The number of ether oxygens (including phenoxy) is 2. The SMILES string of the molecule is CCOC(=O)c1cc[nH]c1-c1ccc(OC(=O)Nc2ccccc2)cc1. The van der Waals surface area contributed by atoms with Crippen LogP contribution in [0.5, 0.6) is 5.75 Å². The fourth-order valence-electron chi connectivity index (χ4n) is 2.45. The number of esters is 1. The molecule has 0 radical (unpaired) electrons. The number of benzene rings is 2. The minimum Gasteiger partial charge on any atom is -0.462 e. The number of hydrogen-bond acceptors (Lipinski definition) is 4. The molecule has 26 heavy (non-hydrogen) atoms. The van der Waals surface area contributed by atoms with Crippen molar-refractivity contribution in [3.05, 3.63) is 72.4 Å². The zero-order valence-corrected chi connectivity index (χ0v) is 14.2. The van der Waals surface area contributed by atoms with Crippen LogP contribution in [0.25, 0.3) is 11.3 Å². The first-order valence-corrected chi connectivity index (χ1v) is 8.16. The topological polar surface area (TPSA) is 80.4 Å². The average Bonchev–Trinajstić information content (AvgIpc) is 3.13. The molecular weight excluding hydrogens is 332 g/mol. The highest BCUT2D eigenvalue weighted by Crippen LogP contribution is 2.25. The molecule has 0 saturated heterocycles. The minimum atomic E-state index is -0.573. The highest BCUT2D eigenvalue weighted by molar-refractivity contribution is 5.96. The fraction of sp³-hybridized carbons (Fsp3) is 0.100. The molecule has 0 aliphatic rings. The molecule has 3 aromatic rings. The predicted molar refractivity (Wildman–Crippen MR) is 98.3 cm³/mol. The van der Waals surface area contributed by atoms with Gasteiger partial charge in [0, 0.05) is 11.9 Å². The number of rotatable bonds is 5. The van der Waals surface area contributed by atoms with Gasteiger partial charge >= 0.3 is 12.1 Å². The van der Waals surface area contributed by atoms with E-state index in [9.17, 15) is 9.59 Å². The number of aromatic nitrogens is 1. The van der Waals surface area contributed by atoms with Gasteiger partial charge in [0.05, 0.1) is 17.9 Å². The normalized spacial score (nSPS) is 10.2. The monoisotopic (exact) mass is 350 g/mol. The maximum atomic E-state index is 12.0. The van der Waals surface area contributed by atoms with Gasteiger partial charge in [-0.2, -0.15) is 0 Å². The lowest BCUT2D eigenvalue weighted by molar-refractivity contribution is 0.0527. The highest BCUT2D eigenvalue weighted by Gasteiger charge is 2.15. The number of para-hydroxylation sites is 1. The van der Waals surface area contributed by atoms with Gasteiger partial charge in [0.1, 0.15) is 5.75 Å². The molecule has 132 valence electrons. The number of carbonyl (C=O) groups is 2. The second-order valence-electron chi connectivity index (χ2n) is 5.39. The highest BCUT2D eigenvalue weighted by atomic mass is 16.6. The van der Waals surface area contributed by atoms with E-state index in [4.69, 9.17) is 9.47 Å². The van der Waals surface area contributed by atoms with Crippen molar-refractivity contribution < 1.29 is 19.1 Å². The van der Waals surface area contributed by atoms with Gasteiger partial charge in [0.25, 0.3) is 0 Å². The Hall–Kier alpha value is -3.54. The Morgan fingerprint density at radius 3 is 2.42 bits per heavy atom. The van der Waals surface area contributed by atoms with Crippen LogP contribution in [0.1, 0.15) is 17.3 Å². The van der Waals surface area contributed by atoms with Crippen molar-refractivity contribution in [2.45, 2.75) is 6.92 Å². The van der Waals surface area contributed by atoms with Crippen molar-refractivity contribution in [2.24, 2.45) is 0 Å². The number of hydrogen-bond donors (Lipinski definition) is 2.